The van der Waals surface area contributed by atoms with E-state index in [2.05, 4.69) is 0 Å². The molecular formula is C10H11NOS. The van der Waals surface area contributed by atoms with Crippen molar-refractivity contribution in [2.24, 2.45) is 7.05 Å². The molecule has 2 aromatic rings. The number of nitrogens with zero attached hydrogens (tertiary/aromatic N) is 1. The van der Waals surface area contributed by atoms with Crippen LogP contribution in [-0.2, 0) is 17.8 Å². The summed E-state index contributed by atoms with van der Waals surface area (Å²) in [6.45, 7) is 0. The molecule has 13 heavy (non-hydrogen) atoms. The first-order valence-corrected chi connectivity index (χ1v) is 5.63. The van der Waals surface area contributed by atoms with Gasteiger partial charge in [-0.15, -0.1) is 0 Å². The Morgan fingerprint density at radius 1 is 1.31 bits per heavy atom. The minimum absolute atomic E-state index is 0.904. The summed E-state index contributed by atoms with van der Waals surface area (Å²) in [7, 11) is 1.07. The Bertz CT molecular complexity index is 473. The molecule has 0 N–H and O–H groups in total. The minimum atomic E-state index is -0.904. The number of hydrogen-bond donors (Lipinski definition) is 0. The fraction of sp³-hybridized carbons (Fsp3) is 0.200. The van der Waals surface area contributed by atoms with Crippen molar-refractivity contribution in [2.45, 2.75) is 4.90 Å². The van der Waals surface area contributed by atoms with Gasteiger partial charge in [-0.25, -0.2) is 0 Å². The summed E-state index contributed by atoms with van der Waals surface area (Å²) in [5.74, 6) is 0. The van der Waals surface area contributed by atoms with E-state index < -0.39 is 10.8 Å². The first-order chi connectivity index (χ1) is 6.20. The Morgan fingerprint density at radius 3 is 2.69 bits per heavy atom. The Hall–Kier alpha value is -1.09. The van der Waals surface area contributed by atoms with Crippen LogP contribution in [0.5, 0.6) is 0 Å². The van der Waals surface area contributed by atoms with Crippen molar-refractivity contribution in [3.8, 4) is 0 Å². The summed E-state index contributed by atoms with van der Waals surface area (Å²) >= 11 is 0. The summed E-state index contributed by atoms with van der Waals surface area (Å²) in [6.07, 6.45) is 3.64. The van der Waals surface area contributed by atoms with Crippen molar-refractivity contribution < 1.29 is 4.21 Å². The lowest BCUT2D eigenvalue weighted by molar-refractivity contribution is 0.687. The summed E-state index contributed by atoms with van der Waals surface area (Å²) in [5, 5.41) is 1.09. The van der Waals surface area contributed by atoms with Crippen molar-refractivity contribution in [2.75, 3.05) is 6.26 Å². The van der Waals surface area contributed by atoms with Crippen LogP contribution in [0.4, 0.5) is 0 Å². The molecule has 1 aromatic heterocycles. The summed E-state index contributed by atoms with van der Waals surface area (Å²) < 4.78 is 13.4. The molecule has 0 aliphatic heterocycles. The third-order valence-corrected chi connectivity index (χ3v) is 3.11. The van der Waals surface area contributed by atoms with Crippen LogP contribution in [0.25, 0.3) is 10.9 Å². The number of hydrogen-bond acceptors (Lipinski definition) is 1. The van der Waals surface area contributed by atoms with Gasteiger partial charge in [0.05, 0.1) is 15.7 Å². The molecule has 0 saturated heterocycles. The Balaban J connectivity index is 2.85. The lowest BCUT2D eigenvalue weighted by Gasteiger charge is -1.93. The molecule has 1 atom stereocenters. The minimum Gasteiger partial charge on any atom is -0.349 e. The van der Waals surface area contributed by atoms with Gasteiger partial charge in [-0.05, 0) is 6.07 Å². The number of rotatable bonds is 1. The molecule has 0 fully saturated rings. The molecule has 0 saturated carbocycles. The van der Waals surface area contributed by atoms with Crippen LogP contribution in [0.1, 0.15) is 0 Å². The van der Waals surface area contributed by atoms with Gasteiger partial charge in [0.25, 0.3) is 0 Å². The maximum atomic E-state index is 11.4. The van der Waals surface area contributed by atoms with E-state index in [9.17, 15) is 4.21 Å². The summed E-state index contributed by atoms with van der Waals surface area (Å²) in [5.41, 5.74) is 1.13. The zero-order valence-electron chi connectivity index (χ0n) is 7.65. The predicted octanol–water partition coefficient (Wildman–Crippen LogP) is 1.92. The van der Waals surface area contributed by atoms with E-state index in [1.54, 1.807) is 6.26 Å². The SMILES string of the molecule is Cn1cc(S(C)=O)c2ccccc21. The van der Waals surface area contributed by atoms with Crippen LogP contribution in [0.15, 0.2) is 35.4 Å². The Kier molecular flexibility index (Phi) is 1.96. The fourth-order valence-corrected chi connectivity index (χ4v) is 2.32. The monoisotopic (exact) mass is 193 g/mol. The van der Waals surface area contributed by atoms with Crippen molar-refractivity contribution in [3.63, 3.8) is 0 Å². The molecule has 1 aromatic carbocycles. The third kappa shape index (κ3) is 1.29. The van der Waals surface area contributed by atoms with Gasteiger partial charge in [0.15, 0.2) is 0 Å². The van der Waals surface area contributed by atoms with E-state index in [-0.39, 0.29) is 0 Å². The van der Waals surface area contributed by atoms with E-state index in [1.807, 2.05) is 42.1 Å². The molecule has 0 radical (unpaired) electrons. The quantitative estimate of drug-likeness (QED) is 0.678. The van der Waals surface area contributed by atoms with Crippen LogP contribution in [-0.4, -0.2) is 15.0 Å². The van der Waals surface area contributed by atoms with Crippen molar-refractivity contribution in [3.05, 3.63) is 30.5 Å². The van der Waals surface area contributed by atoms with E-state index in [0.717, 1.165) is 15.8 Å². The molecule has 0 amide bonds. The predicted molar refractivity (Wildman–Crippen MR) is 55.3 cm³/mol. The molecule has 0 spiro atoms. The lowest BCUT2D eigenvalue weighted by Crippen LogP contribution is -1.84. The number of benzene rings is 1. The second-order valence-corrected chi connectivity index (χ2v) is 4.42. The molecule has 2 rings (SSSR count). The van der Waals surface area contributed by atoms with E-state index in [1.165, 1.54) is 0 Å². The van der Waals surface area contributed by atoms with Crippen LogP contribution in [0, 0.1) is 0 Å². The molecule has 0 aliphatic rings. The number of aryl methyl sites for hydroxylation is 1. The van der Waals surface area contributed by atoms with Gasteiger partial charge in [-0.2, -0.15) is 0 Å². The first kappa shape index (κ1) is 8.51. The highest BCUT2D eigenvalue weighted by molar-refractivity contribution is 7.84. The molecule has 68 valence electrons. The molecular weight excluding hydrogens is 182 g/mol. The Labute approximate surface area is 79.6 Å². The highest BCUT2D eigenvalue weighted by Gasteiger charge is 2.07. The molecule has 0 aliphatic carbocycles. The maximum absolute atomic E-state index is 11.4. The molecule has 3 heteroatoms. The molecule has 1 heterocycles. The molecule has 2 nitrogen and oxygen atoms in total. The summed E-state index contributed by atoms with van der Waals surface area (Å²) in [6, 6.07) is 8.00. The van der Waals surface area contributed by atoms with Crippen LogP contribution in [0.2, 0.25) is 0 Å². The van der Waals surface area contributed by atoms with Gasteiger partial charge in [0.2, 0.25) is 0 Å². The van der Waals surface area contributed by atoms with Gasteiger partial charge < -0.3 is 4.57 Å². The van der Waals surface area contributed by atoms with Crippen LogP contribution >= 0.6 is 0 Å². The normalized spacial score (nSPS) is 13.4. The van der Waals surface area contributed by atoms with Crippen molar-refractivity contribution in [1.82, 2.24) is 4.57 Å². The van der Waals surface area contributed by atoms with E-state index >= 15 is 0 Å². The van der Waals surface area contributed by atoms with Gasteiger partial charge in [-0.3, -0.25) is 4.21 Å². The standard InChI is InChI=1S/C10H11NOS/c1-11-7-10(13(2)12)8-5-3-4-6-9(8)11/h3-7H,1-2H3. The average Bonchev–Trinajstić information content (AvgIpc) is 2.45. The van der Waals surface area contributed by atoms with Crippen LogP contribution in [0.3, 0.4) is 0 Å². The van der Waals surface area contributed by atoms with Gasteiger partial charge in [0.1, 0.15) is 0 Å². The first-order valence-electron chi connectivity index (χ1n) is 4.07. The zero-order chi connectivity index (χ0) is 9.42. The van der Waals surface area contributed by atoms with Crippen molar-refractivity contribution >= 4 is 21.7 Å². The van der Waals surface area contributed by atoms with Gasteiger partial charge >= 0.3 is 0 Å². The Morgan fingerprint density at radius 2 is 2.00 bits per heavy atom. The number of para-hydroxylation sites is 1. The van der Waals surface area contributed by atoms with E-state index in [4.69, 9.17) is 0 Å². The topological polar surface area (TPSA) is 22.0 Å². The highest BCUT2D eigenvalue weighted by Crippen LogP contribution is 2.22. The average molecular weight is 193 g/mol. The summed E-state index contributed by atoms with van der Waals surface area (Å²) in [4.78, 5) is 0.915. The van der Waals surface area contributed by atoms with Crippen LogP contribution < -0.4 is 0 Å². The van der Waals surface area contributed by atoms with Gasteiger partial charge in [-0.1, -0.05) is 18.2 Å². The molecule has 0 bridgehead atoms. The van der Waals surface area contributed by atoms with Crippen molar-refractivity contribution in [1.29, 1.82) is 0 Å². The fourth-order valence-electron chi connectivity index (χ4n) is 1.53. The van der Waals surface area contributed by atoms with Gasteiger partial charge in [0, 0.05) is 30.4 Å². The second kappa shape index (κ2) is 3.00. The number of aromatic nitrogens is 1. The second-order valence-electron chi connectivity index (χ2n) is 3.08. The zero-order valence-corrected chi connectivity index (χ0v) is 8.47. The highest BCUT2D eigenvalue weighted by atomic mass is 32.2. The van der Waals surface area contributed by atoms with E-state index in [0.29, 0.717) is 0 Å². The molecule has 1 unspecified atom stereocenters. The lowest BCUT2D eigenvalue weighted by atomic mass is 10.2. The third-order valence-electron chi connectivity index (χ3n) is 2.17. The maximum Gasteiger partial charge on any atom is 0.0640 e. The smallest absolute Gasteiger partial charge is 0.0640 e. The number of fused-ring (bicyclic) bond motifs is 1. The largest absolute Gasteiger partial charge is 0.349 e.